The lowest BCUT2D eigenvalue weighted by molar-refractivity contribution is 0.280. The van der Waals surface area contributed by atoms with Gasteiger partial charge in [0.2, 0.25) is 10.0 Å². The molecular weight excluding hydrogens is 270 g/mol. The van der Waals surface area contributed by atoms with Gasteiger partial charge in [0.1, 0.15) is 0 Å². The Hall–Kier alpha value is -0.870. The summed E-state index contributed by atoms with van der Waals surface area (Å²) in [5, 5.41) is 0. The van der Waals surface area contributed by atoms with E-state index in [1.807, 2.05) is 37.3 Å². The van der Waals surface area contributed by atoms with Crippen LogP contribution in [-0.4, -0.2) is 14.5 Å². The molecule has 110 valence electrons. The van der Waals surface area contributed by atoms with Gasteiger partial charge in [-0.25, -0.2) is 13.1 Å². The molecule has 2 saturated carbocycles. The van der Waals surface area contributed by atoms with Crippen molar-refractivity contribution >= 4 is 10.0 Å². The summed E-state index contributed by atoms with van der Waals surface area (Å²) in [5.74, 6) is 2.22. The number of hydrogen-bond acceptors (Lipinski definition) is 2. The Bertz CT molecular complexity index is 555. The molecule has 0 heterocycles. The van der Waals surface area contributed by atoms with Crippen LogP contribution in [0.2, 0.25) is 0 Å². The highest BCUT2D eigenvalue weighted by atomic mass is 32.2. The molecule has 1 aromatic rings. The maximum Gasteiger partial charge on any atom is 0.216 e. The van der Waals surface area contributed by atoms with Crippen LogP contribution in [-0.2, 0) is 15.8 Å². The van der Waals surface area contributed by atoms with Crippen molar-refractivity contribution in [3.05, 3.63) is 35.9 Å². The predicted molar refractivity (Wildman–Crippen MR) is 80.6 cm³/mol. The molecule has 4 atom stereocenters. The van der Waals surface area contributed by atoms with Gasteiger partial charge in [0.25, 0.3) is 0 Å². The van der Waals surface area contributed by atoms with Crippen LogP contribution < -0.4 is 4.72 Å². The van der Waals surface area contributed by atoms with E-state index in [0.29, 0.717) is 5.92 Å². The Balaban J connectivity index is 1.61. The van der Waals surface area contributed by atoms with Gasteiger partial charge >= 0.3 is 0 Å². The average Bonchev–Trinajstić information content (AvgIpc) is 3.01. The highest BCUT2D eigenvalue weighted by molar-refractivity contribution is 7.88. The second-order valence-electron chi connectivity index (χ2n) is 6.49. The van der Waals surface area contributed by atoms with Crippen LogP contribution in [0.25, 0.3) is 0 Å². The van der Waals surface area contributed by atoms with E-state index in [2.05, 4.69) is 4.72 Å². The topological polar surface area (TPSA) is 46.2 Å². The van der Waals surface area contributed by atoms with E-state index < -0.39 is 10.0 Å². The summed E-state index contributed by atoms with van der Waals surface area (Å²) in [6.07, 6.45) is 5.17. The maximum absolute atomic E-state index is 12.3. The van der Waals surface area contributed by atoms with E-state index in [1.54, 1.807) is 0 Å². The lowest BCUT2D eigenvalue weighted by atomic mass is 9.84. The van der Waals surface area contributed by atoms with Crippen molar-refractivity contribution in [3.8, 4) is 0 Å². The molecule has 0 saturated heterocycles. The normalized spacial score (nSPS) is 30.6. The lowest BCUT2D eigenvalue weighted by Crippen LogP contribution is -2.40. The third-order valence-electron chi connectivity index (χ3n) is 5.00. The first-order valence-electron chi connectivity index (χ1n) is 7.57. The Kier molecular flexibility index (Phi) is 3.87. The lowest BCUT2D eigenvalue weighted by Gasteiger charge is -2.28. The molecule has 2 bridgehead atoms. The first-order valence-corrected chi connectivity index (χ1v) is 9.22. The van der Waals surface area contributed by atoms with Gasteiger partial charge in [0, 0.05) is 6.04 Å². The van der Waals surface area contributed by atoms with Crippen molar-refractivity contribution in [1.29, 1.82) is 0 Å². The van der Waals surface area contributed by atoms with E-state index in [0.717, 1.165) is 17.4 Å². The largest absolute Gasteiger partial charge is 0.216 e. The first-order chi connectivity index (χ1) is 9.53. The summed E-state index contributed by atoms with van der Waals surface area (Å²) < 4.78 is 27.4. The molecule has 4 heteroatoms. The fourth-order valence-corrected chi connectivity index (χ4v) is 5.57. The molecule has 0 unspecified atom stereocenters. The Labute approximate surface area is 121 Å². The molecule has 0 aliphatic heterocycles. The SMILES string of the molecule is C[C@@H](NS(=O)(=O)Cc1ccccc1)[C@@H]1C[C@H]2CC[C@H]1C2. The minimum absolute atomic E-state index is 0.0685. The number of fused-ring (bicyclic) bond motifs is 2. The molecule has 3 rings (SSSR count). The molecule has 20 heavy (non-hydrogen) atoms. The van der Waals surface area contributed by atoms with Crippen molar-refractivity contribution in [2.75, 3.05) is 0 Å². The molecule has 0 radical (unpaired) electrons. The minimum Gasteiger partial charge on any atom is -0.212 e. The van der Waals surface area contributed by atoms with Crippen LogP contribution in [0, 0.1) is 17.8 Å². The van der Waals surface area contributed by atoms with E-state index in [1.165, 1.54) is 25.7 Å². The van der Waals surface area contributed by atoms with Crippen molar-refractivity contribution in [2.45, 2.75) is 44.4 Å². The summed E-state index contributed by atoms with van der Waals surface area (Å²) in [4.78, 5) is 0. The Morgan fingerprint density at radius 1 is 1.20 bits per heavy atom. The van der Waals surface area contributed by atoms with Crippen molar-refractivity contribution in [3.63, 3.8) is 0 Å². The van der Waals surface area contributed by atoms with Crippen molar-refractivity contribution < 1.29 is 8.42 Å². The Morgan fingerprint density at radius 3 is 2.55 bits per heavy atom. The molecular formula is C16H23NO2S. The molecule has 1 N–H and O–H groups in total. The predicted octanol–water partition coefficient (Wildman–Crippen LogP) is 2.93. The number of sulfonamides is 1. The molecule has 2 aliphatic carbocycles. The summed E-state index contributed by atoms with van der Waals surface area (Å²) >= 11 is 0. The van der Waals surface area contributed by atoms with Gasteiger partial charge in [-0.15, -0.1) is 0 Å². The molecule has 0 aromatic heterocycles. The van der Waals surface area contributed by atoms with Crippen molar-refractivity contribution in [2.24, 2.45) is 17.8 Å². The van der Waals surface area contributed by atoms with E-state index >= 15 is 0 Å². The number of rotatable bonds is 5. The number of nitrogens with one attached hydrogen (secondary N) is 1. The standard InChI is InChI=1S/C16H23NO2S/c1-12(16-10-14-7-8-15(16)9-14)17-20(18,19)11-13-5-3-2-4-6-13/h2-6,12,14-17H,7-11H2,1H3/t12-,14+,15+,16+/m1/s1. The van der Waals surface area contributed by atoms with Crippen LogP contribution in [0.15, 0.2) is 30.3 Å². The van der Waals surface area contributed by atoms with Gasteiger partial charge in [-0.2, -0.15) is 0 Å². The molecule has 1 aromatic carbocycles. The quantitative estimate of drug-likeness (QED) is 0.907. The molecule has 0 spiro atoms. The van der Waals surface area contributed by atoms with Gasteiger partial charge in [-0.3, -0.25) is 0 Å². The van der Waals surface area contributed by atoms with Crippen LogP contribution in [0.3, 0.4) is 0 Å². The number of benzene rings is 1. The zero-order chi connectivity index (χ0) is 14.2. The molecule has 2 aliphatic rings. The fourth-order valence-electron chi connectivity index (χ4n) is 4.11. The second kappa shape index (κ2) is 5.49. The van der Waals surface area contributed by atoms with Gasteiger partial charge < -0.3 is 0 Å². The highest BCUT2D eigenvalue weighted by Gasteiger charge is 2.42. The Morgan fingerprint density at radius 2 is 1.95 bits per heavy atom. The molecule has 0 amide bonds. The maximum atomic E-state index is 12.3. The smallest absolute Gasteiger partial charge is 0.212 e. The summed E-state index contributed by atoms with van der Waals surface area (Å²) in [6, 6.07) is 9.46. The van der Waals surface area contributed by atoms with Crippen LogP contribution >= 0.6 is 0 Å². The van der Waals surface area contributed by atoms with Gasteiger partial charge in [-0.1, -0.05) is 36.8 Å². The van der Waals surface area contributed by atoms with E-state index in [4.69, 9.17) is 0 Å². The van der Waals surface area contributed by atoms with Crippen LogP contribution in [0.4, 0.5) is 0 Å². The average molecular weight is 293 g/mol. The minimum atomic E-state index is -3.24. The third kappa shape index (κ3) is 3.07. The van der Waals surface area contributed by atoms with Crippen molar-refractivity contribution in [1.82, 2.24) is 4.72 Å². The number of hydrogen-bond donors (Lipinski definition) is 1. The highest BCUT2D eigenvalue weighted by Crippen LogP contribution is 2.49. The summed E-state index contributed by atoms with van der Waals surface area (Å²) in [7, 11) is -3.24. The zero-order valence-electron chi connectivity index (χ0n) is 12.0. The van der Waals surface area contributed by atoms with Crippen LogP contribution in [0.5, 0.6) is 0 Å². The monoisotopic (exact) mass is 293 g/mol. The summed E-state index contributed by atoms with van der Waals surface area (Å²) in [6.45, 7) is 2.04. The van der Waals surface area contributed by atoms with Crippen LogP contribution in [0.1, 0.15) is 38.2 Å². The summed E-state index contributed by atoms with van der Waals surface area (Å²) in [5.41, 5.74) is 0.847. The van der Waals surface area contributed by atoms with Gasteiger partial charge in [0.05, 0.1) is 5.75 Å². The zero-order valence-corrected chi connectivity index (χ0v) is 12.8. The molecule has 2 fully saturated rings. The first kappa shape index (κ1) is 14.1. The van der Waals surface area contributed by atoms with E-state index in [-0.39, 0.29) is 11.8 Å². The molecule has 3 nitrogen and oxygen atoms in total. The van der Waals surface area contributed by atoms with E-state index in [9.17, 15) is 8.42 Å². The fraction of sp³-hybridized carbons (Fsp3) is 0.625. The third-order valence-corrected chi connectivity index (χ3v) is 6.44. The second-order valence-corrected chi connectivity index (χ2v) is 8.24. The van der Waals surface area contributed by atoms with Gasteiger partial charge in [-0.05, 0) is 49.5 Å². The van der Waals surface area contributed by atoms with Gasteiger partial charge in [0.15, 0.2) is 0 Å².